The summed E-state index contributed by atoms with van der Waals surface area (Å²) >= 11 is 5.94. The molecule has 0 bridgehead atoms. The van der Waals surface area contributed by atoms with E-state index in [1.54, 1.807) is 7.11 Å². The molecule has 0 atom stereocenters. The van der Waals surface area contributed by atoms with Crippen LogP contribution in [0.1, 0.15) is 37.7 Å². The Morgan fingerprint density at radius 3 is 2.65 bits per heavy atom. The minimum absolute atomic E-state index is 0.360. The van der Waals surface area contributed by atoms with Gasteiger partial charge in [-0.15, -0.1) is 11.6 Å². The van der Waals surface area contributed by atoms with E-state index in [9.17, 15) is 0 Å². The standard InChI is InChI=1S/C14H19ClO2/c1-16-13-7-8-14(11(9-13)10-15)17-12-5-3-2-4-6-12/h7-9,12H,2-6,10H2,1H3. The van der Waals surface area contributed by atoms with Crippen molar-refractivity contribution in [2.45, 2.75) is 44.1 Å². The molecule has 94 valence electrons. The van der Waals surface area contributed by atoms with E-state index >= 15 is 0 Å². The van der Waals surface area contributed by atoms with Gasteiger partial charge in [0.15, 0.2) is 0 Å². The van der Waals surface area contributed by atoms with Crippen molar-refractivity contribution in [1.29, 1.82) is 0 Å². The molecule has 2 rings (SSSR count). The van der Waals surface area contributed by atoms with Crippen molar-refractivity contribution in [3.63, 3.8) is 0 Å². The van der Waals surface area contributed by atoms with Gasteiger partial charge in [-0.25, -0.2) is 0 Å². The third kappa shape index (κ3) is 3.29. The summed E-state index contributed by atoms with van der Waals surface area (Å²) in [4.78, 5) is 0. The maximum absolute atomic E-state index is 6.04. The molecule has 0 N–H and O–H groups in total. The molecule has 0 radical (unpaired) electrons. The van der Waals surface area contributed by atoms with Crippen molar-refractivity contribution >= 4 is 11.6 Å². The molecule has 1 aromatic carbocycles. The van der Waals surface area contributed by atoms with Crippen LogP contribution in [0.5, 0.6) is 11.5 Å². The van der Waals surface area contributed by atoms with E-state index in [1.165, 1.54) is 19.3 Å². The normalized spacial score (nSPS) is 16.8. The minimum atomic E-state index is 0.360. The lowest BCUT2D eigenvalue weighted by Crippen LogP contribution is -2.20. The van der Waals surface area contributed by atoms with Gasteiger partial charge in [0.2, 0.25) is 0 Å². The monoisotopic (exact) mass is 254 g/mol. The summed E-state index contributed by atoms with van der Waals surface area (Å²) in [5.74, 6) is 2.20. The minimum Gasteiger partial charge on any atom is -0.497 e. The summed E-state index contributed by atoms with van der Waals surface area (Å²) in [6.07, 6.45) is 6.57. The molecule has 1 saturated carbocycles. The third-order valence-electron chi connectivity index (χ3n) is 3.26. The molecule has 0 spiro atoms. The van der Waals surface area contributed by atoms with Crippen molar-refractivity contribution < 1.29 is 9.47 Å². The van der Waals surface area contributed by atoms with Crippen LogP contribution in [-0.2, 0) is 5.88 Å². The van der Waals surface area contributed by atoms with Gasteiger partial charge in [0.05, 0.1) is 19.1 Å². The van der Waals surface area contributed by atoms with E-state index in [0.717, 1.165) is 29.9 Å². The van der Waals surface area contributed by atoms with Gasteiger partial charge >= 0.3 is 0 Å². The number of ether oxygens (including phenoxy) is 2. The number of benzene rings is 1. The number of halogens is 1. The zero-order valence-electron chi connectivity index (χ0n) is 10.2. The Morgan fingerprint density at radius 1 is 1.24 bits per heavy atom. The molecule has 0 amide bonds. The highest BCUT2D eigenvalue weighted by Crippen LogP contribution is 2.29. The highest BCUT2D eigenvalue weighted by molar-refractivity contribution is 6.17. The molecule has 0 saturated heterocycles. The van der Waals surface area contributed by atoms with Gasteiger partial charge in [-0.1, -0.05) is 6.42 Å². The topological polar surface area (TPSA) is 18.5 Å². The van der Waals surface area contributed by atoms with Gasteiger partial charge in [0.1, 0.15) is 11.5 Å². The fraction of sp³-hybridized carbons (Fsp3) is 0.571. The van der Waals surface area contributed by atoms with Crippen LogP contribution in [0.4, 0.5) is 0 Å². The summed E-state index contributed by atoms with van der Waals surface area (Å²) in [6, 6.07) is 5.84. The fourth-order valence-electron chi connectivity index (χ4n) is 2.26. The van der Waals surface area contributed by atoms with Crippen LogP contribution < -0.4 is 9.47 Å². The van der Waals surface area contributed by atoms with Crippen molar-refractivity contribution in [1.82, 2.24) is 0 Å². The Balaban J connectivity index is 2.08. The Bertz CT molecular complexity index is 359. The molecule has 3 heteroatoms. The van der Waals surface area contributed by atoms with Crippen molar-refractivity contribution in [3.05, 3.63) is 23.8 Å². The van der Waals surface area contributed by atoms with Crippen LogP contribution in [0.2, 0.25) is 0 Å². The summed E-state index contributed by atoms with van der Waals surface area (Å²) in [5.41, 5.74) is 1.01. The first kappa shape index (κ1) is 12.6. The number of alkyl halides is 1. The van der Waals surface area contributed by atoms with Gasteiger partial charge in [-0.2, -0.15) is 0 Å². The second-order valence-electron chi connectivity index (χ2n) is 4.49. The van der Waals surface area contributed by atoms with E-state index in [2.05, 4.69) is 0 Å². The molecule has 0 heterocycles. The largest absolute Gasteiger partial charge is 0.497 e. The molecule has 1 aromatic rings. The average molecular weight is 255 g/mol. The van der Waals surface area contributed by atoms with Gasteiger partial charge < -0.3 is 9.47 Å². The number of rotatable bonds is 4. The Labute approximate surface area is 108 Å². The molecule has 1 fully saturated rings. The second kappa shape index (κ2) is 6.15. The van der Waals surface area contributed by atoms with Crippen LogP contribution in [0.15, 0.2) is 18.2 Å². The lowest BCUT2D eigenvalue weighted by molar-refractivity contribution is 0.153. The quantitative estimate of drug-likeness (QED) is 0.752. The van der Waals surface area contributed by atoms with Crippen molar-refractivity contribution in [2.75, 3.05) is 7.11 Å². The maximum Gasteiger partial charge on any atom is 0.124 e. The number of hydrogen-bond donors (Lipinski definition) is 0. The van der Waals surface area contributed by atoms with E-state index in [-0.39, 0.29) is 0 Å². The molecule has 0 aromatic heterocycles. The molecule has 0 aliphatic heterocycles. The third-order valence-corrected chi connectivity index (χ3v) is 3.55. The zero-order chi connectivity index (χ0) is 12.1. The molecular weight excluding hydrogens is 236 g/mol. The Kier molecular flexibility index (Phi) is 4.55. The van der Waals surface area contributed by atoms with E-state index in [1.807, 2.05) is 18.2 Å². The van der Waals surface area contributed by atoms with Crippen molar-refractivity contribution in [3.8, 4) is 11.5 Å². The Hall–Kier alpha value is -0.890. The SMILES string of the molecule is COc1ccc(OC2CCCCC2)c(CCl)c1. The maximum atomic E-state index is 6.04. The average Bonchev–Trinajstić information content (AvgIpc) is 2.40. The van der Waals surface area contributed by atoms with E-state index in [4.69, 9.17) is 21.1 Å². The first-order valence-electron chi connectivity index (χ1n) is 6.23. The van der Waals surface area contributed by atoms with E-state index < -0.39 is 0 Å². The Morgan fingerprint density at radius 2 is 2.00 bits per heavy atom. The van der Waals surface area contributed by atoms with Gasteiger partial charge in [0, 0.05) is 5.56 Å². The van der Waals surface area contributed by atoms with Gasteiger partial charge in [0.25, 0.3) is 0 Å². The highest BCUT2D eigenvalue weighted by atomic mass is 35.5. The van der Waals surface area contributed by atoms with Crippen molar-refractivity contribution in [2.24, 2.45) is 0 Å². The number of methoxy groups -OCH3 is 1. The summed E-state index contributed by atoms with van der Waals surface area (Å²) in [5, 5.41) is 0. The number of hydrogen-bond acceptors (Lipinski definition) is 2. The van der Waals surface area contributed by atoms with E-state index in [0.29, 0.717) is 12.0 Å². The molecular formula is C14H19ClO2. The van der Waals surface area contributed by atoms with Crippen LogP contribution in [0, 0.1) is 0 Å². The van der Waals surface area contributed by atoms with Crippen LogP contribution in [0.25, 0.3) is 0 Å². The molecule has 1 aliphatic rings. The lowest BCUT2D eigenvalue weighted by Gasteiger charge is -2.24. The smallest absolute Gasteiger partial charge is 0.124 e. The van der Waals surface area contributed by atoms with Gasteiger partial charge in [-0.3, -0.25) is 0 Å². The molecule has 17 heavy (non-hydrogen) atoms. The van der Waals surface area contributed by atoms with Crippen LogP contribution >= 0.6 is 11.6 Å². The zero-order valence-corrected chi connectivity index (χ0v) is 11.0. The summed E-state index contributed by atoms with van der Waals surface area (Å²) in [7, 11) is 1.66. The van der Waals surface area contributed by atoms with Gasteiger partial charge in [-0.05, 0) is 43.9 Å². The first-order chi connectivity index (χ1) is 8.33. The second-order valence-corrected chi connectivity index (χ2v) is 4.75. The molecule has 1 aliphatic carbocycles. The predicted molar refractivity (Wildman–Crippen MR) is 70.1 cm³/mol. The van der Waals surface area contributed by atoms with Crippen LogP contribution in [-0.4, -0.2) is 13.2 Å². The summed E-state index contributed by atoms with van der Waals surface area (Å²) in [6.45, 7) is 0. The lowest BCUT2D eigenvalue weighted by atomic mass is 9.98. The van der Waals surface area contributed by atoms with Crippen LogP contribution in [0.3, 0.4) is 0 Å². The summed E-state index contributed by atoms with van der Waals surface area (Å²) < 4.78 is 11.2. The fourth-order valence-corrected chi connectivity index (χ4v) is 2.47. The first-order valence-corrected chi connectivity index (χ1v) is 6.76. The molecule has 2 nitrogen and oxygen atoms in total. The molecule has 0 unspecified atom stereocenters. The predicted octanol–water partition coefficient (Wildman–Crippen LogP) is 4.15. The highest BCUT2D eigenvalue weighted by Gasteiger charge is 2.16.